The van der Waals surface area contributed by atoms with E-state index in [1.165, 1.54) is 0 Å². The Morgan fingerprint density at radius 3 is 2.10 bits per heavy atom. The summed E-state index contributed by atoms with van der Waals surface area (Å²) < 4.78 is 64.2. The Bertz CT molecular complexity index is 598. The predicted octanol–water partition coefficient (Wildman–Crippen LogP) is 1.28. The van der Waals surface area contributed by atoms with Gasteiger partial charge in [0.2, 0.25) is 0 Å². The van der Waals surface area contributed by atoms with Crippen LogP contribution in [0.5, 0.6) is 0 Å². The van der Waals surface area contributed by atoms with E-state index in [1.807, 2.05) is 0 Å². The zero-order chi connectivity index (χ0) is 16.6. The van der Waals surface area contributed by atoms with E-state index < -0.39 is 46.4 Å². The minimum absolute atomic E-state index is 0.206. The highest BCUT2D eigenvalue weighted by atomic mass is 19.4. The van der Waals surface area contributed by atoms with Gasteiger partial charge in [0, 0.05) is 6.07 Å². The number of halogens is 5. The Morgan fingerprint density at radius 2 is 1.67 bits per heavy atom. The number of primary amides is 1. The molecule has 0 bridgehead atoms. The maximum absolute atomic E-state index is 13.4. The Morgan fingerprint density at radius 1 is 1.14 bits per heavy atom. The van der Waals surface area contributed by atoms with Gasteiger partial charge in [0.1, 0.15) is 11.6 Å². The minimum atomic E-state index is -5.10. The molecule has 10 heteroatoms. The van der Waals surface area contributed by atoms with E-state index in [0.29, 0.717) is 13.0 Å². The van der Waals surface area contributed by atoms with Gasteiger partial charge < -0.3 is 16.8 Å². The van der Waals surface area contributed by atoms with Crippen molar-refractivity contribution in [1.29, 1.82) is 0 Å². The summed E-state index contributed by atoms with van der Waals surface area (Å²) in [5, 5.41) is 1.55. The normalized spacial score (nSPS) is 14.4. The van der Waals surface area contributed by atoms with Crippen molar-refractivity contribution in [2.75, 3.05) is 5.32 Å². The lowest BCUT2D eigenvalue weighted by atomic mass is 10.0. The molecule has 5 nitrogen and oxygen atoms in total. The van der Waals surface area contributed by atoms with Crippen LogP contribution in [0.15, 0.2) is 12.1 Å². The van der Waals surface area contributed by atoms with E-state index in [9.17, 15) is 31.5 Å². The van der Waals surface area contributed by atoms with Gasteiger partial charge in [0.25, 0.3) is 11.8 Å². The first kappa shape index (κ1) is 16.8. The van der Waals surface area contributed by atoms with Crippen molar-refractivity contribution in [3.63, 3.8) is 0 Å². The average Bonchev–Trinajstić information content (AvgIpc) is 2.30. The molecule has 0 radical (unpaired) electrons. The molecule has 0 aliphatic rings. The van der Waals surface area contributed by atoms with Gasteiger partial charge in [0.05, 0.1) is 11.3 Å². The molecule has 0 spiro atoms. The van der Waals surface area contributed by atoms with Crippen molar-refractivity contribution < 1.29 is 31.5 Å². The van der Waals surface area contributed by atoms with Crippen molar-refractivity contribution in [2.45, 2.75) is 18.6 Å². The van der Waals surface area contributed by atoms with Crippen molar-refractivity contribution >= 4 is 17.5 Å². The molecule has 21 heavy (non-hydrogen) atoms. The number of hydrogen-bond donors (Lipinski definition) is 3. The summed E-state index contributed by atoms with van der Waals surface area (Å²) in [4.78, 5) is 22.3. The van der Waals surface area contributed by atoms with Crippen LogP contribution in [0, 0.1) is 11.6 Å². The number of hydrogen-bond acceptors (Lipinski definition) is 3. The number of carbonyl (C=O) groups excluding carboxylic acids is 2. The lowest BCUT2D eigenvalue weighted by Crippen LogP contribution is -2.59. The van der Waals surface area contributed by atoms with E-state index in [-0.39, 0.29) is 6.07 Å². The maximum atomic E-state index is 13.4. The van der Waals surface area contributed by atoms with E-state index in [4.69, 9.17) is 11.5 Å². The van der Waals surface area contributed by atoms with Gasteiger partial charge in [-0.1, -0.05) is 0 Å². The minimum Gasteiger partial charge on any atom is -0.366 e. The first-order chi connectivity index (χ1) is 9.37. The molecule has 2 amide bonds. The molecule has 0 aliphatic carbocycles. The number of benzene rings is 1. The number of amides is 2. The smallest absolute Gasteiger partial charge is 0.366 e. The molecule has 0 fully saturated rings. The topological polar surface area (TPSA) is 98.2 Å². The van der Waals surface area contributed by atoms with Crippen molar-refractivity contribution in [3.8, 4) is 0 Å². The monoisotopic (exact) mass is 311 g/mol. The number of anilines is 1. The third-order valence-corrected chi connectivity index (χ3v) is 2.63. The van der Waals surface area contributed by atoms with Crippen molar-refractivity contribution in [1.82, 2.24) is 0 Å². The van der Waals surface area contributed by atoms with Gasteiger partial charge in [-0.3, -0.25) is 9.59 Å². The molecule has 0 saturated heterocycles. The predicted molar refractivity (Wildman–Crippen MR) is 62.2 cm³/mol. The largest absolute Gasteiger partial charge is 0.415 e. The second kappa shape index (κ2) is 5.28. The fourth-order valence-electron chi connectivity index (χ4n) is 1.21. The van der Waals surface area contributed by atoms with Gasteiger partial charge in [-0.2, -0.15) is 13.2 Å². The van der Waals surface area contributed by atoms with Crippen LogP contribution in [-0.4, -0.2) is 23.5 Å². The van der Waals surface area contributed by atoms with Crippen LogP contribution in [0.4, 0.5) is 27.6 Å². The second-order valence-corrected chi connectivity index (χ2v) is 4.33. The highest BCUT2D eigenvalue weighted by molar-refractivity contribution is 6.00. The summed E-state index contributed by atoms with van der Waals surface area (Å²) in [5.74, 6) is -5.77. The molecule has 116 valence electrons. The van der Waals surface area contributed by atoms with Gasteiger partial charge in [-0.05, 0) is 13.0 Å². The Balaban J connectivity index is 3.17. The molecule has 0 aromatic heterocycles. The van der Waals surface area contributed by atoms with Gasteiger partial charge in [0.15, 0.2) is 5.54 Å². The van der Waals surface area contributed by atoms with E-state index >= 15 is 0 Å². The number of nitrogens with two attached hydrogens (primary N) is 2. The average molecular weight is 311 g/mol. The summed E-state index contributed by atoms with van der Waals surface area (Å²) in [7, 11) is 0. The van der Waals surface area contributed by atoms with Crippen LogP contribution < -0.4 is 16.8 Å². The summed E-state index contributed by atoms with van der Waals surface area (Å²) in [5.41, 5.74) is 4.69. The summed E-state index contributed by atoms with van der Waals surface area (Å²) in [6.45, 7) is 0.374. The van der Waals surface area contributed by atoms with E-state index in [0.717, 1.165) is 0 Å². The van der Waals surface area contributed by atoms with Gasteiger partial charge in [-0.15, -0.1) is 0 Å². The van der Waals surface area contributed by atoms with Gasteiger partial charge in [-0.25, -0.2) is 8.78 Å². The summed E-state index contributed by atoms with van der Waals surface area (Å²) in [6, 6.07) is 0.689. The molecule has 0 saturated carbocycles. The van der Waals surface area contributed by atoms with Crippen LogP contribution >= 0.6 is 0 Å². The van der Waals surface area contributed by atoms with Crippen LogP contribution in [0.3, 0.4) is 0 Å². The first-order valence-corrected chi connectivity index (χ1v) is 5.34. The van der Waals surface area contributed by atoms with E-state index in [1.54, 1.807) is 5.32 Å². The molecule has 1 aromatic carbocycles. The fraction of sp³-hybridized carbons (Fsp3) is 0.273. The Hall–Kier alpha value is -2.23. The number of alkyl halides is 3. The molecule has 1 aromatic rings. The molecule has 1 atom stereocenters. The standard InChI is InChI=1S/C11H10F5N3O2/c1-10(18,11(14,15)16)9(21)19-7-2-4(8(17)20)5(12)3-6(7)13/h2-3H,18H2,1H3,(H2,17,20)(H,19,21). The molecule has 0 heterocycles. The first-order valence-electron chi connectivity index (χ1n) is 5.34. The number of rotatable bonds is 3. The Kier molecular flexibility index (Phi) is 4.23. The maximum Gasteiger partial charge on any atom is 0.415 e. The highest BCUT2D eigenvalue weighted by Gasteiger charge is 2.54. The zero-order valence-electron chi connectivity index (χ0n) is 10.5. The lowest BCUT2D eigenvalue weighted by Gasteiger charge is -2.26. The van der Waals surface area contributed by atoms with Crippen molar-refractivity contribution in [3.05, 3.63) is 29.3 Å². The highest BCUT2D eigenvalue weighted by Crippen LogP contribution is 2.29. The zero-order valence-corrected chi connectivity index (χ0v) is 10.5. The molecule has 5 N–H and O–H groups in total. The number of nitrogens with one attached hydrogen (secondary N) is 1. The van der Waals surface area contributed by atoms with E-state index in [2.05, 4.69) is 0 Å². The van der Waals surface area contributed by atoms with Crippen LogP contribution in [0.1, 0.15) is 17.3 Å². The van der Waals surface area contributed by atoms with Gasteiger partial charge >= 0.3 is 6.18 Å². The lowest BCUT2D eigenvalue weighted by molar-refractivity contribution is -0.184. The molecular formula is C11H10F5N3O2. The summed E-state index contributed by atoms with van der Waals surface area (Å²) >= 11 is 0. The third-order valence-electron chi connectivity index (χ3n) is 2.63. The molecule has 1 unspecified atom stereocenters. The fourth-order valence-corrected chi connectivity index (χ4v) is 1.21. The van der Waals surface area contributed by atoms with Crippen LogP contribution in [-0.2, 0) is 4.79 Å². The Labute approximate surface area is 115 Å². The second-order valence-electron chi connectivity index (χ2n) is 4.33. The van der Waals surface area contributed by atoms with Crippen LogP contribution in [0.25, 0.3) is 0 Å². The van der Waals surface area contributed by atoms with Crippen LogP contribution in [0.2, 0.25) is 0 Å². The summed E-state index contributed by atoms with van der Waals surface area (Å²) in [6.07, 6.45) is -5.10. The quantitative estimate of drug-likeness (QED) is 0.733. The molecule has 1 rings (SSSR count). The number of carbonyl (C=O) groups is 2. The SMILES string of the molecule is CC(N)(C(=O)Nc1cc(C(N)=O)c(F)cc1F)C(F)(F)F. The molecular weight excluding hydrogens is 301 g/mol. The third kappa shape index (κ3) is 3.27. The van der Waals surface area contributed by atoms with Crippen molar-refractivity contribution in [2.24, 2.45) is 11.5 Å². The molecule has 0 aliphatic heterocycles.